The highest BCUT2D eigenvalue weighted by molar-refractivity contribution is 9.10. The second-order valence-corrected chi connectivity index (χ2v) is 7.66. The Labute approximate surface area is 169 Å². The van der Waals surface area contributed by atoms with Crippen LogP contribution in [-0.2, 0) is 4.74 Å². The highest BCUT2D eigenvalue weighted by atomic mass is 79.9. The number of nitrogens with one attached hydrogen (secondary N) is 1. The number of anilines is 1. The number of alkyl halides is 2. The minimum absolute atomic E-state index is 0.0280. The molecule has 2 aromatic carbocycles. The van der Waals surface area contributed by atoms with Crippen LogP contribution in [0.4, 0.5) is 14.5 Å². The molecule has 8 heteroatoms. The van der Waals surface area contributed by atoms with Crippen molar-refractivity contribution in [2.75, 3.05) is 18.5 Å². The second kappa shape index (κ2) is 8.05. The summed E-state index contributed by atoms with van der Waals surface area (Å²) < 4.78 is 37.1. The molecule has 1 amide bonds. The minimum atomic E-state index is -2.96. The average molecular weight is 453 g/mol. The van der Waals surface area contributed by atoms with Crippen LogP contribution in [0.3, 0.4) is 0 Å². The van der Waals surface area contributed by atoms with Gasteiger partial charge in [0.25, 0.3) is 5.91 Å². The smallest absolute Gasteiger partial charge is 0.387 e. The van der Waals surface area contributed by atoms with E-state index in [1.807, 2.05) is 6.07 Å². The van der Waals surface area contributed by atoms with Crippen molar-refractivity contribution in [2.45, 2.75) is 31.7 Å². The zero-order valence-corrected chi connectivity index (χ0v) is 16.5. The fourth-order valence-electron chi connectivity index (χ4n) is 3.67. The molecule has 0 bridgehead atoms. The Balaban J connectivity index is 1.76. The molecule has 1 fully saturated rings. The van der Waals surface area contributed by atoms with Gasteiger partial charge in [0, 0.05) is 28.9 Å². The standard InChI is InChI=1S/C20H19BrF2N2O3/c21-12-7-8-17(28-20(22)23)15(10-12)18-24-16-6-2-1-5-14(16)19(26)25(18)11-13-4-3-9-27-13/h1-2,5-8,10,13,18,20,24H,3-4,9,11H2/t13-,18-/m1/s1. The van der Waals surface area contributed by atoms with Crippen molar-refractivity contribution in [3.05, 3.63) is 58.1 Å². The number of benzene rings is 2. The predicted octanol–water partition coefficient (Wildman–Crippen LogP) is 4.80. The van der Waals surface area contributed by atoms with Crippen LogP contribution >= 0.6 is 15.9 Å². The number of amides is 1. The Morgan fingerprint density at radius 2 is 2.11 bits per heavy atom. The average Bonchev–Trinajstić information content (AvgIpc) is 3.18. The first kappa shape index (κ1) is 19.1. The molecule has 148 valence electrons. The molecular formula is C20H19BrF2N2O3. The zero-order chi connectivity index (χ0) is 19.7. The summed E-state index contributed by atoms with van der Waals surface area (Å²) >= 11 is 3.39. The number of rotatable bonds is 5. The fraction of sp³-hybridized carbons (Fsp3) is 0.350. The molecule has 4 rings (SSSR count). The molecule has 0 radical (unpaired) electrons. The van der Waals surface area contributed by atoms with E-state index in [4.69, 9.17) is 9.47 Å². The summed E-state index contributed by atoms with van der Waals surface area (Å²) in [5.41, 5.74) is 1.66. The van der Waals surface area contributed by atoms with E-state index >= 15 is 0 Å². The number of nitrogens with zero attached hydrogens (tertiary/aromatic N) is 1. The van der Waals surface area contributed by atoms with E-state index in [1.165, 1.54) is 6.07 Å². The number of hydrogen-bond acceptors (Lipinski definition) is 4. The van der Waals surface area contributed by atoms with Gasteiger partial charge in [-0.3, -0.25) is 4.79 Å². The van der Waals surface area contributed by atoms with E-state index in [0.717, 1.165) is 12.8 Å². The maximum Gasteiger partial charge on any atom is 0.387 e. The molecule has 2 aliphatic heterocycles. The van der Waals surface area contributed by atoms with Crippen molar-refractivity contribution in [1.82, 2.24) is 4.90 Å². The lowest BCUT2D eigenvalue weighted by Gasteiger charge is -2.39. The molecule has 2 aromatic rings. The van der Waals surface area contributed by atoms with E-state index in [-0.39, 0.29) is 17.8 Å². The summed E-state index contributed by atoms with van der Waals surface area (Å²) in [6.07, 6.45) is 1.07. The first-order valence-electron chi connectivity index (χ1n) is 9.05. The van der Waals surface area contributed by atoms with Gasteiger partial charge in [-0.05, 0) is 43.2 Å². The van der Waals surface area contributed by atoms with Crippen molar-refractivity contribution >= 4 is 27.5 Å². The number of para-hydroxylation sites is 1. The van der Waals surface area contributed by atoms with E-state index in [0.29, 0.717) is 34.4 Å². The number of carbonyl (C=O) groups excluding carboxylic acids is 1. The number of ether oxygens (including phenoxy) is 2. The number of fused-ring (bicyclic) bond motifs is 1. The first-order valence-corrected chi connectivity index (χ1v) is 9.84. The fourth-order valence-corrected chi connectivity index (χ4v) is 4.05. The van der Waals surface area contributed by atoms with Crippen LogP contribution in [0, 0.1) is 0 Å². The molecule has 28 heavy (non-hydrogen) atoms. The molecule has 2 aliphatic rings. The van der Waals surface area contributed by atoms with Gasteiger partial charge in [-0.25, -0.2) is 0 Å². The van der Waals surface area contributed by atoms with Gasteiger partial charge in [-0.2, -0.15) is 8.78 Å². The van der Waals surface area contributed by atoms with Gasteiger partial charge < -0.3 is 19.7 Å². The predicted molar refractivity (Wildman–Crippen MR) is 104 cm³/mol. The van der Waals surface area contributed by atoms with Crippen molar-refractivity contribution in [3.63, 3.8) is 0 Å². The number of halogens is 3. The molecular weight excluding hydrogens is 434 g/mol. The third kappa shape index (κ3) is 3.84. The monoisotopic (exact) mass is 452 g/mol. The normalized spacial score (nSPS) is 21.6. The van der Waals surface area contributed by atoms with Crippen LogP contribution in [0.5, 0.6) is 5.75 Å². The molecule has 2 heterocycles. The van der Waals surface area contributed by atoms with Gasteiger partial charge in [0.1, 0.15) is 11.9 Å². The molecule has 0 aliphatic carbocycles. The van der Waals surface area contributed by atoms with Crippen LogP contribution in [0.15, 0.2) is 46.9 Å². The van der Waals surface area contributed by atoms with Crippen molar-refractivity contribution in [2.24, 2.45) is 0 Å². The van der Waals surface area contributed by atoms with E-state index < -0.39 is 12.8 Å². The van der Waals surface area contributed by atoms with Crippen molar-refractivity contribution in [3.8, 4) is 5.75 Å². The highest BCUT2D eigenvalue weighted by Crippen LogP contribution is 2.39. The van der Waals surface area contributed by atoms with E-state index in [1.54, 1.807) is 35.2 Å². The second-order valence-electron chi connectivity index (χ2n) is 6.75. The Hall–Kier alpha value is -2.19. The Morgan fingerprint density at radius 3 is 2.86 bits per heavy atom. The molecule has 5 nitrogen and oxygen atoms in total. The number of carbonyl (C=O) groups is 1. The molecule has 0 aromatic heterocycles. The van der Waals surface area contributed by atoms with Gasteiger partial charge in [0.05, 0.1) is 11.7 Å². The van der Waals surface area contributed by atoms with Crippen LogP contribution in [-0.4, -0.2) is 36.7 Å². The van der Waals surface area contributed by atoms with Gasteiger partial charge in [-0.1, -0.05) is 28.1 Å². The van der Waals surface area contributed by atoms with Gasteiger partial charge >= 0.3 is 6.61 Å². The van der Waals surface area contributed by atoms with Crippen molar-refractivity contribution < 1.29 is 23.0 Å². The highest BCUT2D eigenvalue weighted by Gasteiger charge is 2.36. The molecule has 1 N–H and O–H groups in total. The largest absolute Gasteiger partial charge is 0.434 e. The lowest BCUT2D eigenvalue weighted by molar-refractivity contribution is -0.0511. The lowest BCUT2D eigenvalue weighted by atomic mass is 10.0. The minimum Gasteiger partial charge on any atom is -0.434 e. The third-order valence-electron chi connectivity index (χ3n) is 4.93. The maximum atomic E-state index is 13.2. The van der Waals surface area contributed by atoms with E-state index in [2.05, 4.69) is 21.2 Å². The van der Waals surface area contributed by atoms with Gasteiger partial charge in [0.15, 0.2) is 0 Å². The third-order valence-corrected chi connectivity index (χ3v) is 5.42. The summed E-state index contributed by atoms with van der Waals surface area (Å²) in [7, 11) is 0. The van der Waals surface area contributed by atoms with E-state index in [9.17, 15) is 13.6 Å². The SMILES string of the molecule is O=C1c2ccccc2N[C@@H](c2cc(Br)ccc2OC(F)F)N1C[C@H]1CCCO1. The van der Waals surface area contributed by atoms with Crippen LogP contribution < -0.4 is 10.1 Å². The van der Waals surface area contributed by atoms with Gasteiger partial charge in [0.2, 0.25) is 0 Å². The molecule has 0 spiro atoms. The maximum absolute atomic E-state index is 13.2. The van der Waals surface area contributed by atoms with Crippen LogP contribution in [0.1, 0.15) is 34.9 Å². The van der Waals surface area contributed by atoms with Crippen LogP contribution in [0.2, 0.25) is 0 Å². The zero-order valence-electron chi connectivity index (χ0n) is 14.9. The molecule has 2 atom stereocenters. The summed E-state index contributed by atoms with van der Waals surface area (Å²) in [6, 6.07) is 12.0. The molecule has 1 saturated heterocycles. The summed E-state index contributed by atoms with van der Waals surface area (Å²) in [4.78, 5) is 14.9. The van der Waals surface area contributed by atoms with Gasteiger partial charge in [-0.15, -0.1) is 0 Å². The summed E-state index contributed by atoms with van der Waals surface area (Å²) in [5.74, 6) is -0.141. The molecule has 0 saturated carbocycles. The summed E-state index contributed by atoms with van der Waals surface area (Å²) in [6.45, 7) is -1.93. The first-order chi connectivity index (χ1) is 13.5. The van der Waals surface area contributed by atoms with Crippen molar-refractivity contribution in [1.29, 1.82) is 0 Å². The Bertz CT molecular complexity index is 874. The quantitative estimate of drug-likeness (QED) is 0.707. The lowest BCUT2D eigenvalue weighted by Crippen LogP contribution is -2.46. The number of hydrogen-bond donors (Lipinski definition) is 1. The topological polar surface area (TPSA) is 50.8 Å². The summed E-state index contributed by atoms with van der Waals surface area (Å²) in [5, 5.41) is 3.31. The van der Waals surface area contributed by atoms with Crippen LogP contribution in [0.25, 0.3) is 0 Å². The Kier molecular flexibility index (Phi) is 5.50. The molecule has 0 unspecified atom stereocenters. The Morgan fingerprint density at radius 1 is 1.29 bits per heavy atom.